The lowest BCUT2D eigenvalue weighted by molar-refractivity contribution is -0.116. The topological polar surface area (TPSA) is 66.5 Å². The predicted molar refractivity (Wildman–Crippen MR) is 126 cm³/mol. The maximum absolute atomic E-state index is 14.2. The number of hydrogen-bond donors (Lipinski definition) is 1. The highest BCUT2D eigenvalue weighted by Crippen LogP contribution is 2.32. The van der Waals surface area contributed by atoms with Gasteiger partial charge in [-0.25, -0.2) is 12.8 Å². The molecule has 0 radical (unpaired) electrons. The van der Waals surface area contributed by atoms with Gasteiger partial charge < -0.3 is 5.32 Å². The van der Waals surface area contributed by atoms with Crippen molar-refractivity contribution in [3.63, 3.8) is 0 Å². The number of amides is 1. The first-order valence-corrected chi connectivity index (χ1v) is 12.0. The van der Waals surface area contributed by atoms with Gasteiger partial charge in [-0.1, -0.05) is 64.6 Å². The normalized spacial score (nSPS) is 11.6. The molecule has 0 spiro atoms. The van der Waals surface area contributed by atoms with Crippen LogP contribution in [0.5, 0.6) is 0 Å². The van der Waals surface area contributed by atoms with Crippen molar-refractivity contribution in [3.05, 3.63) is 92.1 Å². The number of halogens is 5. The number of anilines is 1. The van der Waals surface area contributed by atoms with E-state index in [0.717, 1.165) is 4.31 Å². The molecule has 0 heterocycles. The van der Waals surface area contributed by atoms with E-state index in [1.807, 2.05) is 0 Å². The summed E-state index contributed by atoms with van der Waals surface area (Å²) < 4.78 is 41.5. The van der Waals surface area contributed by atoms with Crippen LogP contribution in [0.3, 0.4) is 0 Å². The summed E-state index contributed by atoms with van der Waals surface area (Å²) in [5.74, 6) is -1.31. The Balaban J connectivity index is 1.92. The number of nitrogens with one attached hydrogen (secondary N) is 1. The molecule has 3 rings (SSSR count). The van der Waals surface area contributed by atoms with Crippen molar-refractivity contribution in [1.29, 1.82) is 0 Å². The fourth-order valence-electron chi connectivity index (χ4n) is 2.77. The number of sulfonamides is 1. The Morgan fingerprint density at radius 1 is 0.906 bits per heavy atom. The van der Waals surface area contributed by atoms with Crippen molar-refractivity contribution < 1.29 is 17.6 Å². The zero-order valence-corrected chi connectivity index (χ0v) is 20.0. The van der Waals surface area contributed by atoms with Gasteiger partial charge in [0.05, 0.1) is 32.2 Å². The Morgan fingerprint density at radius 2 is 1.53 bits per heavy atom. The molecule has 1 amide bonds. The third-order valence-corrected chi connectivity index (χ3v) is 7.45. The highest BCUT2D eigenvalue weighted by atomic mass is 35.5. The third-order valence-electron chi connectivity index (χ3n) is 4.36. The van der Waals surface area contributed by atoms with E-state index in [1.54, 1.807) is 6.07 Å². The number of benzene rings is 3. The SMILES string of the molecule is O=C(CN(Cc1ccccc1F)S(=O)(=O)c1ccc(Cl)cc1)Nc1cc(Cl)c(Cl)cc1Cl. The van der Waals surface area contributed by atoms with Gasteiger partial charge in [0.15, 0.2) is 0 Å². The van der Waals surface area contributed by atoms with Gasteiger partial charge in [-0.2, -0.15) is 4.31 Å². The lowest BCUT2D eigenvalue weighted by Crippen LogP contribution is -2.37. The number of rotatable bonds is 7. The van der Waals surface area contributed by atoms with Crippen LogP contribution in [-0.4, -0.2) is 25.2 Å². The minimum atomic E-state index is -4.18. The molecule has 32 heavy (non-hydrogen) atoms. The van der Waals surface area contributed by atoms with Gasteiger partial charge in [0.1, 0.15) is 5.82 Å². The summed E-state index contributed by atoms with van der Waals surface area (Å²) in [4.78, 5) is 12.6. The maximum Gasteiger partial charge on any atom is 0.243 e. The largest absolute Gasteiger partial charge is 0.324 e. The Morgan fingerprint density at radius 3 is 2.19 bits per heavy atom. The van der Waals surface area contributed by atoms with Crippen LogP contribution in [0.4, 0.5) is 10.1 Å². The summed E-state index contributed by atoms with van der Waals surface area (Å²) in [6.07, 6.45) is 0. The lowest BCUT2D eigenvalue weighted by Gasteiger charge is -2.22. The molecule has 0 aliphatic rings. The summed E-state index contributed by atoms with van der Waals surface area (Å²) >= 11 is 23.8. The summed E-state index contributed by atoms with van der Waals surface area (Å²) in [5.41, 5.74) is 0.256. The van der Waals surface area contributed by atoms with Gasteiger partial charge >= 0.3 is 0 Å². The Hall–Kier alpha value is -1.87. The van der Waals surface area contributed by atoms with Gasteiger partial charge in [0.25, 0.3) is 0 Å². The van der Waals surface area contributed by atoms with Crippen LogP contribution < -0.4 is 5.32 Å². The zero-order chi connectivity index (χ0) is 23.5. The minimum absolute atomic E-state index is 0.0985. The third kappa shape index (κ3) is 5.92. The first-order valence-electron chi connectivity index (χ1n) is 9.01. The van der Waals surface area contributed by atoms with Crippen molar-refractivity contribution in [2.45, 2.75) is 11.4 Å². The second-order valence-electron chi connectivity index (χ2n) is 6.61. The van der Waals surface area contributed by atoms with E-state index >= 15 is 0 Å². The Kier molecular flexibility index (Phi) is 8.03. The molecule has 0 unspecified atom stereocenters. The van der Waals surface area contributed by atoms with E-state index in [4.69, 9.17) is 46.4 Å². The van der Waals surface area contributed by atoms with Crippen molar-refractivity contribution >= 4 is 68.0 Å². The first-order chi connectivity index (χ1) is 15.1. The summed E-state index contributed by atoms with van der Waals surface area (Å²) in [6, 6.07) is 13.8. The molecule has 0 aliphatic heterocycles. The van der Waals surface area contributed by atoms with E-state index in [2.05, 4.69) is 5.32 Å². The minimum Gasteiger partial charge on any atom is -0.324 e. The van der Waals surface area contributed by atoms with Crippen LogP contribution in [0.2, 0.25) is 20.1 Å². The molecule has 0 saturated carbocycles. The summed E-state index contributed by atoms with van der Waals surface area (Å²) in [5, 5.41) is 3.32. The molecule has 1 N–H and O–H groups in total. The zero-order valence-electron chi connectivity index (χ0n) is 16.2. The van der Waals surface area contributed by atoms with Crippen LogP contribution >= 0.6 is 46.4 Å². The van der Waals surface area contributed by atoms with E-state index < -0.39 is 28.3 Å². The lowest BCUT2D eigenvalue weighted by atomic mass is 10.2. The second-order valence-corrected chi connectivity index (χ2v) is 10.2. The predicted octanol–water partition coefficient (Wildman–Crippen LogP) is 6.27. The van der Waals surface area contributed by atoms with E-state index in [1.165, 1.54) is 54.6 Å². The average molecular weight is 536 g/mol. The molecule has 3 aromatic rings. The molecule has 0 saturated heterocycles. The van der Waals surface area contributed by atoms with Crippen molar-refractivity contribution in [2.24, 2.45) is 0 Å². The van der Waals surface area contributed by atoms with Gasteiger partial charge in [-0.15, -0.1) is 0 Å². The van der Waals surface area contributed by atoms with Crippen molar-refractivity contribution in [1.82, 2.24) is 4.31 Å². The average Bonchev–Trinajstić information content (AvgIpc) is 2.73. The molecular weight excluding hydrogens is 521 g/mol. The van der Waals surface area contributed by atoms with Gasteiger partial charge in [-0.05, 0) is 42.5 Å². The molecule has 0 aromatic heterocycles. The van der Waals surface area contributed by atoms with Crippen LogP contribution in [0, 0.1) is 5.82 Å². The smallest absolute Gasteiger partial charge is 0.243 e. The van der Waals surface area contributed by atoms with Crippen LogP contribution in [0.1, 0.15) is 5.56 Å². The second kappa shape index (κ2) is 10.4. The molecule has 3 aromatic carbocycles. The fraction of sp³-hybridized carbons (Fsp3) is 0.0952. The number of hydrogen-bond acceptors (Lipinski definition) is 3. The highest BCUT2D eigenvalue weighted by molar-refractivity contribution is 7.89. The van der Waals surface area contributed by atoms with E-state index in [0.29, 0.717) is 5.02 Å². The van der Waals surface area contributed by atoms with Gasteiger partial charge in [0.2, 0.25) is 15.9 Å². The summed E-state index contributed by atoms with van der Waals surface area (Å²) in [6.45, 7) is -0.990. The van der Waals surface area contributed by atoms with Gasteiger partial charge in [0, 0.05) is 17.1 Å². The molecule has 5 nitrogen and oxygen atoms in total. The monoisotopic (exact) mass is 534 g/mol. The Labute approximate surface area is 204 Å². The first kappa shape index (κ1) is 24.8. The molecule has 0 aliphatic carbocycles. The number of nitrogens with zero attached hydrogens (tertiary/aromatic N) is 1. The molecular formula is C21H15Cl4FN2O3S. The quantitative estimate of drug-likeness (QED) is 0.362. The van der Waals surface area contributed by atoms with Crippen LogP contribution in [0.15, 0.2) is 65.6 Å². The standard InChI is InChI=1S/C21H15Cl4FN2O3S/c22-14-5-7-15(8-6-14)32(30,31)28(11-13-3-1-2-4-19(13)26)12-21(29)27-20-10-17(24)16(23)9-18(20)25/h1-10H,11-12H2,(H,27,29). The molecule has 0 fully saturated rings. The van der Waals surface area contributed by atoms with E-state index in [9.17, 15) is 17.6 Å². The van der Waals surface area contributed by atoms with Crippen molar-refractivity contribution in [2.75, 3.05) is 11.9 Å². The molecule has 168 valence electrons. The Bertz CT molecular complexity index is 1250. The number of carbonyl (C=O) groups is 1. The van der Waals surface area contributed by atoms with Crippen LogP contribution in [-0.2, 0) is 21.4 Å². The van der Waals surface area contributed by atoms with Crippen LogP contribution in [0.25, 0.3) is 0 Å². The number of carbonyl (C=O) groups excluding carboxylic acids is 1. The van der Waals surface area contributed by atoms with Crippen molar-refractivity contribution in [3.8, 4) is 0 Å². The summed E-state index contributed by atoms with van der Waals surface area (Å²) in [7, 11) is -4.18. The molecule has 11 heteroatoms. The van der Waals surface area contributed by atoms with E-state index in [-0.39, 0.29) is 37.8 Å². The molecule has 0 atom stereocenters. The molecule has 0 bridgehead atoms. The van der Waals surface area contributed by atoms with Gasteiger partial charge in [-0.3, -0.25) is 4.79 Å². The highest BCUT2D eigenvalue weighted by Gasteiger charge is 2.28. The maximum atomic E-state index is 14.2. The fourth-order valence-corrected chi connectivity index (χ4v) is 4.86.